The largest absolute Gasteiger partial charge is 0.382 e. The Balaban J connectivity index is 3.64. The second-order valence-electron chi connectivity index (χ2n) is 5.75. The van der Waals surface area contributed by atoms with Gasteiger partial charge in [-0.15, -0.1) is 0 Å². The van der Waals surface area contributed by atoms with Crippen LogP contribution in [0.1, 0.15) is 47.5 Å². The molecule has 0 bridgehead atoms. The van der Waals surface area contributed by atoms with Crippen molar-refractivity contribution in [3.63, 3.8) is 0 Å². The van der Waals surface area contributed by atoms with Gasteiger partial charge in [0.25, 0.3) is 0 Å². The van der Waals surface area contributed by atoms with Crippen molar-refractivity contribution in [2.45, 2.75) is 59.5 Å². The van der Waals surface area contributed by atoms with Gasteiger partial charge in [0.2, 0.25) is 0 Å². The zero-order valence-electron chi connectivity index (χ0n) is 13.3. The van der Waals surface area contributed by atoms with Gasteiger partial charge >= 0.3 is 0 Å². The Morgan fingerprint density at radius 1 is 1.11 bits per heavy atom. The molecular formula is C15H34N2O. The lowest BCUT2D eigenvalue weighted by Crippen LogP contribution is -2.43. The molecule has 0 radical (unpaired) electrons. The minimum absolute atomic E-state index is 0.589. The lowest BCUT2D eigenvalue weighted by atomic mass is 10.0. The predicted octanol–water partition coefficient (Wildman–Crippen LogP) is 2.76. The Morgan fingerprint density at radius 2 is 1.78 bits per heavy atom. The zero-order valence-corrected chi connectivity index (χ0v) is 13.3. The van der Waals surface area contributed by atoms with Crippen LogP contribution >= 0.6 is 0 Å². The molecule has 18 heavy (non-hydrogen) atoms. The molecule has 3 nitrogen and oxygen atoms in total. The van der Waals surface area contributed by atoms with E-state index in [0.29, 0.717) is 12.1 Å². The molecule has 0 saturated carbocycles. The van der Waals surface area contributed by atoms with Gasteiger partial charge < -0.3 is 10.1 Å². The first kappa shape index (κ1) is 17.9. The van der Waals surface area contributed by atoms with Crippen LogP contribution in [-0.4, -0.2) is 50.3 Å². The quantitative estimate of drug-likeness (QED) is 0.577. The number of nitrogens with zero attached hydrogens (tertiary/aromatic N) is 1. The van der Waals surface area contributed by atoms with E-state index >= 15 is 0 Å². The first-order valence-corrected chi connectivity index (χ1v) is 7.49. The maximum atomic E-state index is 5.32. The number of hydrogen-bond acceptors (Lipinski definition) is 3. The molecule has 0 rings (SSSR count). The smallest absolute Gasteiger partial charge is 0.0477 e. The van der Waals surface area contributed by atoms with E-state index in [9.17, 15) is 0 Å². The van der Waals surface area contributed by atoms with Crippen LogP contribution in [0.4, 0.5) is 0 Å². The minimum atomic E-state index is 0.589. The summed E-state index contributed by atoms with van der Waals surface area (Å²) in [4.78, 5) is 2.48. The highest BCUT2D eigenvalue weighted by Crippen LogP contribution is 2.11. The topological polar surface area (TPSA) is 24.5 Å². The molecule has 1 N–H and O–H groups in total. The molecular weight excluding hydrogens is 224 g/mol. The van der Waals surface area contributed by atoms with E-state index in [1.165, 1.54) is 6.42 Å². The Kier molecular flexibility index (Phi) is 10.7. The fourth-order valence-electron chi connectivity index (χ4n) is 2.18. The Morgan fingerprint density at radius 3 is 2.33 bits per heavy atom. The van der Waals surface area contributed by atoms with Crippen molar-refractivity contribution < 1.29 is 4.74 Å². The average Bonchev–Trinajstić information content (AvgIpc) is 2.31. The summed E-state index contributed by atoms with van der Waals surface area (Å²) in [5, 5.41) is 3.51. The molecule has 0 aromatic rings. The summed E-state index contributed by atoms with van der Waals surface area (Å²) in [7, 11) is 2.24. The Labute approximate surface area is 114 Å². The molecule has 0 aromatic heterocycles. The van der Waals surface area contributed by atoms with Gasteiger partial charge in [0.15, 0.2) is 0 Å². The maximum absolute atomic E-state index is 5.32. The monoisotopic (exact) mass is 258 g/mol. The number of nitrogens with one attached hydrogen (secondary N) is 1. The van der Waals surface area contributed by atoms with Gasteiger partial charge in [-0.25, -0.2) is 0 Å². The van der Waals surface area contributed by atoms with Crippen LogP contribution in [0.15, 0.2) is 0 Å². The van der Waals surface area contributed by atoms with Gasteiger partial charge in [-0.05, 0) is 53.1 Å². The van der Waals surface area contributed by atoms with Crippen molar-refractivity contribution in [2.75, 3.05) is 33.4 Å². The normalized spacial score (nSPS) is 15.3. The summed E-state index contributed by atoms with van der Waals surface area (Å²) in [5.41, 5.74) is 0. The van der Waals surface area contributed by atoms with Gasteiger partial charge in [0.1, 0.15) is 0 Å². The summed E-state index contributed by atoms with van der Waals surface area (Å²) >= 11 is 0. The molecule has 0 aliphatic carbocycles. The SMILES string of the molecule is CCOCCCNCC(C)N(C)C(C)CC(C)C. The third kappa shape index (κ3) is 8.90. The van der Waals surface area contributed by atoms with Crippen molar-refractivity contribution >= 4 is 0 Å². The van der Waals surface area contributed by atoms with Gasteiger partial charge in [-0.2, -0.15) is 0 Å². The Hall–Kier alpha value is -0.120. The standard InChI is InChI=1S/C15H34N2O/c1-7-18-10-8-9-16-12-15(5)17(6)14(4)11-13(2)3/h13-16H,7-12H2,1-6H3. The first-order chi connectivity index (χ1) is 8.49. The molecule has 0 aliphatic rings. The van der Waals surface area contributed by atoms with Gasteiger partial charge in [0.05, 0.1) is 0 Å². The third-order valence-electron chi connectivity index (χ3n) is 3.49. The van der Waals surface area contributed by atoms with Crippen LogP contribution in [0.5, 0.6) is 0 Å². The fourth-order valence-corrected chi connectivity index (χ4v) is 2.18. The van der Waals surface area contributed by atoms with Crippen molar-refractivity contribution in [2.24, 2.45) is 5.92 Å². The minimum Gasteiger partial charge on any atom is -0.382 e. The van der Waals surface area contributed by atoms with Gasteiger partial charge in [0, 0.05) is 31.8 Å². The zero-order chi connectivity index (χ0) is 14.0. The summed E-state index contributed by atoms with van der Waals surface area (Å²) in [5.74, 6) is 0.772. The molecule has 110 valence electrons. The van der Waals surface area contributed by atoms with E-state index in [-0.39, 0.29) is 0 Å². The summed E-state index contributed by atoms with van der Waals surface area (Å²) < 4.78 is 5.32. The number of rotatable bonds is 11. The van der Waals surface area contributed by atoms with Crippen LogP contribution in [0.2, 0.25) is 0 Å². The van der Waals surface area contributed by atoms with Crippen molar-refractivity contribution in [1.29, 1.82) is 0 Å². The van der Waals surface area contributed by atoms with Crippen LogP contribution in [-0.2, 0) is 4.74 Å². The van der Waals surface area contributed by atoms with Crippen LogP contribution < -0.4 is 5.32 Å². The molecule has 0 saturated heterocycles. The molecule has 2 unspecified atom stereocenters. The maximum Gasteiger partial charge on any atom is 0.0477 e. The van der Waals surface area contributed by atoms with E-state index in [1.807, 2.05) is 6.92 Å². The van der Waals surface area contributed by atoms with E-state index in [1.54, 1.807) is 0 Å². The first-order valence-electron chi connectivity index (χ1n) is 7.49. The summed E-state index contributed by atoms with van der Waals surface area (Å²) in [6.07, 6.45) is 2.37. The fraction of sp³-hybridized carbons (Fsp3) is 1.00. The van der Waals surface area contributed by atoms with E-state index in [4.69, 9.17) is 4.74 Å². The van der Waals surface area contributed by atoms with Crippen molar-refractivity contribution in [3.8, 4) is 0 Å². The average molecular weight is 258 g/mol. The lowest BCUT2D eigenvalue weighted by Gasteiger charge is -2.32. The number of hydrogen-bond donors (Lipinski definition) is 1. The Bertz CT molecular complexity index is 185. The number of ether oxygens (including phenoxy) is 1. The highest BCUT2D eigenvalue weighted by atomic mass is 16.5. The molecule has 0 spiro atoms. The molecule has 0 fully saturated rings. The molecule has 0 heterocycles. The molecule has 3 heteroatoms. The van der Waals surface area contributed by atoms with Crippen molar-refractivity contribution in [1.82, 2.24) is 10.2 Å². The second-order valence-corrected chi connectivity index (χ2v) is 5.75. The van der Waals surface area contributed by atoms with Gasteiger partial charge in [-0.3, -0.25) is 4.90 Å². The van der Waals surface area contributed by atoms with E-state index < -0.39 is 0 Å². The lowest BCUT2D eigenvalue weighted by molar-refractivity contribution is 0.142. The highest BCUT2D eigenvalue weighted by Gasteiger charge is 2.16. The summed E-state index contributed by atoms with van der Waals surface area (Å²) in [6.45, 7) is 15.1. The van der Waals surface area contributed by atoms with E-state index in [2.05, 4.69) is 45.0 Å². The van der Waals surface area contributed by atoms with Gasteiger partial charge in [-0.1, -0.05) is 13.8 Å². The van der Waals surface area contributed by atoms with Crippen LogP contribution in [0.25, 0.3) is 0 Å². The third-order valence-corrected chi connectivity index (χ3v) is 3.49. The van der Waals surface area contributed by atoms with Crippen LogP contribution in [0, 0.1) is 5.92 Å². The highest BCUT2D eigenvalue weighted by molar-refractivity contribution is 4.73. The molecule has 0 aromatic carbocycles. The molecule has 0 amide bonds. The molecule has 2 atom stereocenters. The van der Waals surface area contributed by atoms with Crippen LogP contribution in [0.3, 0.4) is 0 Å². The second kappa shape index (κ2) is 10.8. The van der Waals surface area contributed by atoms with Crippen molar-refractivity contribution in [3.05, 3.63) is 0 Å². The number of likely N-dealkylation sites (N-methyl/N-ethyl adjacent to an activating group) is 1. The van der Waals surface area contributed by atoms with E-state index in [0.717, 1.165) is 38.6 Å². The predicted molar refractivity (Wildman–Crippen MR) is 80.1 cm³/mol. The summed E-state index contributed by atoms with van der Waals surface area (Å²) in [6, 6.07) is 1.25. The molecule has 0 aliphatic heterocycles.